The number of fused-ring (bicyclic) bond motifs is 5. The lowest BCUT2D eigenvalue weighted by atomic mass is 9.53. The molecule has 4 fully saturated rings. The standard InChI is InChI=1S/C34H51Cl2N3O2S/c1-20(2)7-6-8-21(3)24-10-11-25-30-26(14-15-32(24,25)4)33(5)16-13-23(40)18-34(33,41)27(30)19-37-39-31(42)38-29-12-9-22(35)17-28(29)36/h9,12,17,19-21,23-27,30,40-41H,6-8,10-11,13-16,18H2,1-5H3,(H2,38,39,42)/b37-19+/t21-,23+,24-,25+,26+,27-,30+,32-,33-,34-/m1/s1. The predicted octanol–water partition coefficient (Wildman–Crippen LogP) is 8.70. The molecule has 1 aromatic carbocycles. The zero-order valence-electron chi connectivity index (χ0n) is 26.0. The number of halogens is 2. The topological polar surface area (TPSA) is 76.9 Å². The largest absolute Gasteiger partial charge is 0.393 e. The second-order valence-corrected chi connectivity index (χ2v) is 16.3. The smallest absolute Gasteiger partial charge is 0.191 e. The third kappa shape index (κ3) is 5.77. The zero-order chi connectivity index (χ0) is 30.4. The molecule has 42 heavy (non-hydrogen) atoms. The van der Waals surface area contributed by atoms with Crippen molar-refractivity contribution in [2.24, 2.45) is 57.4 Å². The fraction of sp³-hybridized carbons (Fsp3) is 0.765. The van der Waals surface area contributed by atoms with E-state index in [0.717, 1.165) is 37.0 Å². The highest BCUT2D eigenvalue weighted by molar-refractivity contribution is 7.80. The van der Waals surface area contributed by atoms with Crippen molar-refractivity contribution in [1.29, 1.82) is 0 Å². The first-order chi connectivity index (χ1) is 19.8. The molecule has 1 aromatic rings. The van der Waals surface area contributed by atoms with Gasteiger partial charge in [-0.05, 0) is 110 Å². The molecule has 5 nitrogen and oxygen atoms in total. The Balaban J connectivity index is 1.38. The molecular weight excluding hydrogens is 585 g/mol. The lowest BCUT2D eigenvalue weighted by molar-refractivity contribution is -0.141. The van der Waals surface area contributed by atoms with E-state index in [9.17, 15) is 10.2 Å². The maximum Gasteiger partial charge on any atom is 0.191 e. The second-order valence-electron chi connectivity index (χ2n) is 15.1. The van der Waals surface area contributed by atoms with Gasteiger partial charge in [0.05, 0.1) is 22.4 Å². The fourth-order valence-electron chi connectivity index (χ4n) is 10.3. The van der Waals surface area contributed by atoms with Gasteiger partial charge >= 0.3 is 0 Å². The number of hydrogen-bond donors (Lipinski definition) is 4. The first-order valence-corrected chi connectivity index (χ1v) is 17.4. The van der Waals surface area contributed by atoms with E-state index in [2.05, 4.69) is 50.5 Å². The predicted molar refractivity (Wildman–Crippen MR) is 179 cm³/mol. The Morgan fingerprint density at radius 1 is 1.10 bits per heavy atom. The zero-order valence-corrected chi connectivity index (χ0v) is 28.3. The molecule has 4 aliphatic carbocycles. The molecule has 4 aliphatic rings. The lowest BCUT2D eigenvalue weighted by Gasteiger charge is -2.52. The monoisotopic (exact) mass is 635 g/mol. The molecule has 0 radical (unpaired) electrons. The van der Waals surface area contributed by atoms with E-state index >= 15 is 0 Å². The number of rotatable bonds is 8. The Morgan fingerprint density at radius 2 is 1.86 bits per heavy atom. The highest BCUT2D eigenvalue weighted by atomic mass is 35.5. The Bertz CT molecular complexity index is 1180. The quantitative estimate of drug-likeness (QED) is 0.131. The van der Waals surface area contributed by atoms with E-state index in [1.807, 2.05) is 6.21 Å². The minimum absolute atomic E-state index is 0.142. The lowest BCUT2D eigenvalue weighted by Crippen LogP contribution is -2.54. The number of thiocarbonyl (C=S) groups is 1. The fourth-order valence-corrected chi connectivity index (χ4v) is 10.9. The number of nitrogens with zero attached hydrogens (tertiary/aromatic N) is 1. The third-order valence-corrected chi connectivity index (χ3v) is 13.2. The molecule has 234 valence electrons. The van der Waals surface area contributed by atoms with Crippen LogP contribution in [0.3, 0.4) is 0 Å². The minimum Gasteiger partial charge on any atom is -0.393 e. The molecule has 5 rings (SSSR count). The van der Waals surface area contributed by atoms with Gasteiger partial charge in [0.25, 0.3) is 0 Å². The maximum absolute atomic E-state index is 12.6. The molecule has 8 heteroatoms. The molecule has 0 saturated heterocycles. The Hall–Kier alpha value is -0.920. The van der Waals surface area contributed by atoms with Crippen molar-refractivity contribution in [3.05, 3.63) is 28.2 Å². The SMILES string of the molecule is CC(C)CCC[C@@H](C)[C@H]1CC[C@H]2[C@@H]3[C@@H](/C=N/NC(=S)Nc4ccc(Cl)cc4Cl)[C@]4(O)C[C@@H](O)CC[C@]4(C)[C@H]3CC[C@]12C. The number of hydrogen-bond acceptors (Lipinski definition) is 4. The first kappa shape index (κ1) is 32.5. The van der Waals surface area contributed by atoms with Crippen LogP contribution < -0.4 is 10.7 Å². The molecule has 10 atom stereocenters. The molecular formula is C34H51Cl2N3O2S. The summed E-state index contributed by atoms with van der Waals surface area (Å²) in [7, 11) is 0. The number of hydrazone groups is 1. The van der Waals surface area contributed by atoms with E-state index in [1.165, 1.54) is 38.5 Å². The van der Waals surface area contributed by atoms with Crippen molar-refractivity contribution in [3.8, 4) is 0 Å². The molecule has 0 aliphatic heterocycles. The van der Waals surface area contributed by atoms with Crippen LogP contribution in [0, 0.1) is 52.3 Å². The summed E-state index contributed by atoms with van der Waals surface area (Å²) >= 11 is 17.9. The molecule has 4 N–H and O–H groups in total. The van der Waals surface area contributed by atoms with Gasteiger partial charge in [-0.25, -0.2) is 0 Å². The van der Waals surface area contributed by atoms with Crippen molar-refractivity contribution in [2.45, 2.75) is 111 Å². The number of benzene rings is 1. The van der Waals surface area contributed by atoms with Gasteiger partial charge in [-0.2, -0.15) is 5.10 Å². The summed E-state index contributed by atoms with van der Waals surface area (Å²) < 4.78 is 0. The summed E-state index contributed by atoms with van der Waals surface area (Å²) in [6.45, 7) is 12.0. The molecule has 0 aromatic heterocycles. The molecule has 0 spiro atoms. The van der Waals surface area contributed by atoms with Crippen LogP contribution >= 0.6 is 35.4 Å². The Kier molecular flexibility index (Phi) is 9.64. The maximum atomic E-state index is 12.6. The van der Waals surface area contributed by atoms with Gasteiger partial charge in [0, 0.05) is 29.0 Å². The van der Waals surface area contributed by atoms with Crippen LogP contribution in [0.4, 0.5) is 5.69 Å². The highest BCUT2D eigenvalue weighted by Gasteiger charge is 2.71. The Labute approximate surface area is 268 Å². The third-order valence-electron chi connectivity index (χ3n) is 12.4. The van der Waals surface area contributed by atoms with Crippen molar-refractivity contribution in [3.63, 3.8) is 0 Å². The molecule has 0 bridgehead atoms. The average molecular weight is 637 g/mol. The normalized spacial score (nSPS) is 40.0. The van der Waals surface area contributed by atoms with Crippen molar-refractivity contribution < 1.29 is 10.2 Å². The van der Waals surface area contributed by atoms with Crippen LogP contribution in [0.25, 0.3) is 0 Å². The van der Waals surface area contributed by atoms with E-state index in [4.69, 9.17) is 35.4 Å². The first-order valence-electron chi connectivity index (χ1n) is 16.3. The number of aliphatic hydroxyl groups is 2. The highest BCUT2D eigenvalue weighted by Crippen LogP contribution is 2.72. The van der Waals surface area contributed by atoms with Gasteiger partial charge in [0.15, 0.2) is 5.11 Å². The minimum atomic E-state index is -0.994. The van der Waals surface area contributed by atoms with Crippen LogP contribution in [0.2, 0.25) is 10.0 Å². The van der Waals surface area contributed by atoms with E-state index < -0.39 is 11.7 Å². The summed E-state index contributed by atoms with van der Waals surface area (Å²) in [6.07, 6.45) is 12.3. The molecule has 4 saturated carbocycles. The van der Waals surface area contributed by atoms with Crippen LogP contribution in [0.1, 0.15) is 98.8 Å². The van der Waals surface area contributed by atoms with Crippen LogP contribution in [0.5, 0.6) is 0 Å². The average Bonchev–Trinajstić information content (AvgIpc) is 3.35. The van der Waals surface area contributed by atoms with E-state index in [0.29, 0.717) is 45.0 Å². The Morgan fingerprint density at radius 3 is 2.57 bits per heavy atom. The number of aliphatic hydroxyl groups excluding tert-OH is 1. The summed E-state index contributed by atoms with van der Waals surface area (Å²) in [5.41, 5.74) is 2.69. The summed E-state index contributed by atoms with van der Waals surface area (Å²) in [5.74, 6) is 3.38. The van der Waals surface area contributed by atoms with Gasteiger partial charge in [0.2, 0.25) is 0 Å². The summed E-state index contributed by atoms with van der Waals surface area (Å²) in [4.78, 5) is 0. The van der Waals surface area contributed by atoms with Gasteiger partial charge < -0.3 is 15.5 Å². The second kappa shape index (κ2) is 12.5. The van der Waals surface area contributed by atoms with Crippen LogP contribution in [-0.4, -0.2) is 33.2 Å². The molecule has 0 heterocycles. The van der Waals surface area contributed by atoms with Gasteiger partial charge in [0.1, 0.15) is 0 Å². The molecule has 0 unspecified atom stereocenters. The van der Waals surface area contributed by atoms with Crippen molar-refractivity contribution in [2.75, 3.05) is 5.32 Å². The van der Waals surface area contributed by atoms with Crippen LogP contribution in [-0.2, 0) is 0 Å². The van der Waals surface area contributed by atoms with Crippen molar-refractivity contribution in [1.82, 2.24) is 5.43 Å². The van der Waals surface area contributed by atoms with Gasteiger partial charge in [-0.15, -0.1) is 0 Å². The van der Waals surface area contributed by atoms with E-state index in [1.54, 1.807) is 18.2 Å². The summed E-state index contributed by atoms with van der Waals surface area (Å²) in [6, 6.07) is 5.21. The summed E-state index contributed by atoms with van der Waals surface area (Å²) in [5, 5.41) is 32.5. The van der Waals surface area contributed by atoms with Gasteiger partial charge in [-0.1, -0.05) is 77.1 Å². The number of nitrogens with one attached hydrogen (secondary N) is 2. The molecule has 0 amide bonds. The van der Waals surface area contributed by atoms with Crippen LogP contribution in [0.15, 0.2) is 23.3 Å². The van der Waals surface area contributed by atoms with Crippen molar-refractivity contribution >= 4 is 52.4 Å². The van der Waals surface area contributed by atoms with E-state index in [-0.39, 0.29) is 16.7 Å². The number of anilines is 1. The van der Waals surface area contributed by atoms with Gasteiger partial charge in [-0.3, -0.25) is 5.43 Å².